The lowest BCUT2D eigenvalue weighted by atomic mass is 10.1. The Morgan fingerprint density at radius 2 is 0.629 bits per heavy atom. The van der Waals surface area contributed by atoms with Crippen molar-refractivity contribution in [1.29, 1.82) is 0 Å². The number of benzene rings is 6. The molecule has 6 aromatic carbocycles. The quantitative estimate of drug-likeness (QED) is 0.0264. The van der Waals surface area contributed by atoms with Gasteiger partial charge in [0.2, 0.25) is 0 Å². The van der Waals surface area contributed by atoms with Crippen LogP contribution in [0.25, 0.3) is 10.8 Å². The van der Waals surface area contributed by atoms with Crippen LogP contribution in [0.15, 0.2) is 133 Å². The van der Waals surface area contributed by atoms with Gasteiger partial charge < -0.3 is 28.4 Å². The Morgan fingerprint density at radius 1 is 0.300 bits per heavy atom. The predicted octanol–water partition coefficient (Wildman–Crippen LogP) is 14.5. The van der Waals surface area contributed by atoms with Crippen molar-refractivity contribution in [2.75, 3.05) is 13.2 Å². The topological polar surface area (TPSA) is 141 Å². The van der Waals surface area contributed by atoms with Crippen LogP contribution in [0.3, 0.4) is 0 Å². The zero-order chi connectivity index (χ0) is 49.3. The first-order valence-electron chi connectivity index (χ1n) is 24.8. The van der Waals surface area contributed by atoms with Gasteiger partial charge in [-0.05, 0) is 145 Å². The van der Waals surface area contributed by atoms with Crippen LogP contribution in [-0.4, -0.2) is 43.1 Å². The molecule has 6 rings (SSSR count). The lowest BCUT2D eigenvalue weighted by molar-refractivity contribution is 0.0496. The molecule has 0 spiro atoms. The van der Waals surface area contributed by atoms with Crippen molar-refractivity contribution in [2.45, 2.75) is 117 Å². The van der Waals surface area contributed by atoms with E-state index in [9.17, 15) is 24.0 Å². The van der Waals surface area contributed by atoms with Crippen LogP contribution in [0.5, 0.6) is 28.7 Å². The normalized spacial score (nSPS) is 10.9. The highest BCUT2D eigenvalue weighted by Crippen LogP contribution is 2.26. The SMILES string of the molecule is CCCCCCCCCCOC(=O)c1ccc(OC(=O)c2ccc(OC(=O)c3ccc4ccc(OC(=O)c5ccc(OC(=O)c6ccc(OCCCCCCCCCC)cc6)cc5)cc4c3)cc2)cc1. The molecular formula is C59H64O11. The minimum absolute atomic E-state index is 0.212. The Bertz CT molecular complexity index is 2600. The molecule has 0 aliphatic carbocycles. The minimum atomic E-state index is -0.632. The summed E-state index contributed by atoms with van der Waals surface area (Å²) >= 11 is 0. The molecule has 0 aliphatic heterocycles. The van der Waals surface area contributed by atoms with Gasteiger partial charge >= 0.3 is 29.8 Å². The van der Waals surface area contributed by atoms with Gasteiger partial charge in [-0.25, -0.2) is 24.0 Å². The van der Waals surface area contributed by atoms with E-state index in [1.54, 1.807) is 72.8 Å². The van der Waals surface area contributed by atoms with E-state index in [1.807, 2.05) is 0 Å². The van der Waals surface area contributed by atoms with E-state index in [0.717, 1.165) is 37.5 Å². The molecule has 6 aromatic rings. The summed E-state index contributed by atoms with van der Waals surface area (Å²) in [7, 11) is 0. The van der Waals surface area contributed by atoms with E-state index in [-0.39, 0.29) is 39.7 Å². The molecule has 0 unspecified atom stereocenters. The first-order valence-corrected chi connectivity index (χ1v) is 24.8. The Hall–Kier alpha value is -7.27. The van der Waals surface area contributed by atoms with Crippen molar-refractivity contribution in [3.63, 3.8) is 0 Å². The van der Waals surface area contributed by atoms with Gasteiger partial charge in [0.15, 0.2) is 0 Å². The Labute approximate surface area is 411 Å². The average Bonchev–Trinajstić information content (AvgIpc) is 3.38. The van der Waals surface area contributed by atoms with Crippen LogP contribution < -0.4 is 23.7 Å². The largest absolute Gasteiger partial charge is 0.494 e. The molecule has 366 valence electrons. The summed E-state index contributed by atoms with van der Waals surface area (Å²) in [4.78, 5) is 64.5. The summed E-state index contributed by atoms with van der Waals surface area (Å²) in [5, 5.41) is 1.43. The van der Waals surface area contributed by atoms with Gasteiger partial charge in [-0.3, -0.25) is 0 Å². The number of hydrogen-bond acceptors (Lipinski definition) is 11. The number of unbranched alkanes of at least 4 members (excludes halogenated alkanes) is 14. The smallest absolute Gasteiger partial charge is 0.343 e. The molecule has 0 N–H and O–H groups in total. The summed E-state index contributed by atoms with van der Waals surface area (Å²) in [5.41, 5.74) is 1.46. The number of rotatable bonds is 28. The second-order valence-corrected chi connectivity index (χ2v) is 17.3. The molecule has 0 bridgehead atoms. The van der Waals surface area contributed by atoms with E-state index in [2.05, 4.69) is 13.8 Å². The van der Waals surface area contributed by atoms with Crippen molar-refractivity contribution in [3.05, 3.63) is 161 Å². The highest BCUT2D eigenvalue weighted by molar-refractivity contribution is 5.98. The van der Waals surface area contributed by atoms with E-state index in [1.165, 1.54) is 131 Å². The standard InChI is InChI=1S/C59H64O11/c1-3-5-7-9-11-13-15-17-39-65-50-30-22-45(23-31-50)56(61)68-52-34-28-47(29-35-52)58(63)70-54-38-21-43-19-20-48(41-49(43)42-54)59(64)69-53-36-26-46(27-37-53)57(62)67-51-32-24-44(25-33-51)55(60)66-40-18-16-14-12-10-8-6-4-2/h19-38,41-42H,3-18,39-40H2,1-2H3. The number of ether oxygens (including phenoxy) is 6. The number of carbonyl (C=O) groups is 5. The molecule has 0 aromatic heterocycles. The van der Waals surface area contributed by atoms with Crippen LogP contribution in [-0.2, 0) is 4.74 Å². The molecule has 0 amide bonds. The molecule has 11 nitrogen and oxygen atoms in total. The highest BCUT2D eigenvalue weighted by Gasteiger charge is 2.16. The molecule has 0 radical (unpaired) electrons. The Balaban J connectivity index is 0.919. The number of hydrogen-bond donors (Lipinski definition) is 0. The molecule has 0 heterocycles. The third kappa shape index (κ3) is 17.0. The number of esters is 5. The molecule has 70 heavy (non-hydrogen) atoms. The van der Waals surface area contributed by atoms with Crippen molar-refractivity contribution >= 4 is 40.6 Å². The maximum Gasteiger partial charge on any atom is 0.343 e. The van der Waals surface area contributed by atoms with Crippen molar-refractivity contribution in [2.24, 2.45) is 0 Å². The summed E-state index contributed by atoms with van der Waals surface area (Å²) in [6.07, 6.45) is 19.1. The third-order valence-electron chi connectivity index (χ3n) is 11.7. The minimum Gasteiger partial charge on any atom is -0.494 e. The lowest BCUT2D eigenvalue weighted by Gasteiger charge is -2.09. The number of carbonyl (C=O) groups excluding carboxylic acids is 5. The van der Waals surface area contributed by atoms with E-state index < -0.39 is 29.8 Å². The van der Waals surface area contributed by atoms with Crippen LogP contribution >= 0.6 is 0 Å². The van der Waals surface area contributed by atoms with Gasteiger partial charge in [0.1, 0.15) is 28.7 Å². The second-order valence-electron chi connectivity index (χ2n) is 17.3. The maximum absolute atomic E-state index is 13.2. The Morgan fingerprint density at radius 3 is 1.09 bits per heavy atom. The van der Waals surface area contributed by atoms with E-state index in [0.29, 0.717) is 35.5 Å². The van der Waals surface area contributed by atoms with E-state index in [4.69, 9.17) is 28.4 Å². The molecule has 11 heteroatoms. The summed E-state index contributed by atoms with van der Waals surface area (Å²) in [6.45, 7) is 5.43. The maximum atomic E-state index is 13.2. The second kappa shape index (κ2) is 28.3. The van der Waals surface area contributed by atoms with Gasteiger partial charge in [0.25, 0.3) is 0 Å². The van der Waals surface area contributed by atoms with Crippen LogP contribution in [0.2, 0.25) is 0 Å². The van der Waals surface area contributed by atoms with Gasteiger partial charge in [0.05, 0.1) is 41.0 Å². The molecule has 0 saturated heterocycles. The van der Waals surface area contributed by atoms with Gasteiger partial charge in [0, 0.05) is 0 Å². The molecule has 0 fully saturated rings. The van der Waals surface area contributed by atoms with Crippen molar-refractivity contribution < 1.29 is 52.4 Å². The molecular weight excluding hydrogens is 885 g/mol. The highest BCUT2D eigenvalue weighted by atomic mass is 16.6. The molecule has 0 saturated carbocycles. The first-order chi connectivity index (χ1) is 34.2. The molecule has 0 atom stereocenters. The van der Waals surface area contributed by atoms with E-state index >= 15 is 0 Å². The third-order valence-corrected chi connectivity index (χ3v) is 11.7. The van der Waals surface area contributed by atoms with Crippen LogP contribution in [0.4, 0.5) is 0 Å². The average molecular weight is 949 g/mol. The fraction of sp³-hybridized carbons (Fsp3) is 0.339. The fourth-order valence-corrected chi connectivity index (χ4v) is 7.65. The fourth-order valence-electron chi connectivity index (χ4n) is 7.65. The zero-order valence-electron chi connectivity index (χ0n) is 40.4. The predicted molar refractivity (Wildman–Crippen MR) is 271 cm³/mol. The summed E-state index contributed by atoms with van der Waals surface area (Å²) in [5.74, 6) is -1.14. The van der Waals surface area contributed by atoms with Crippen LogP contribution in [0.1, 0.15) is 168 Å². The summed E-state index contributed by atoms with van der Waals surface area (Å²) < 4.78 is 33.5. The van der Waals surface area contributed by atoms with Gasteiger partial charge in [-0.15, -0.1) is 0 Å². The van der Waals surface area contributed by atoms with Crippen molar-refractivity contribution in [1.82, 2.24) is 0 Å². The van der Waals surface area contributed by atoms with Gasteiger partial charge in [-0.2, -0.15) is 0 Å². The summed E-state index contributed by atoms with van der Waals surface area (Å²) in [6, 6.07) is 35.1. The van der Waals surface area contributed by atoms with Crippen molar-refractivity contribution in [3.8, 4) is 28.7 Å². The Kier molecular flexibility index (Phi) is 21.0. The van der Waals surface area contributed by atoms with Gasteiger partial charge in [-0.1, -0.05) is 116 Å². The van der Waals surface area contributed by atoms with Crippen LogP contribution in [0, 0.1) is 0 Å². The first kappa shape index (κ1) is 52.1. The number of fused-ring (bicyclic) bond motifs is 1. The monoisotopic (exact) mass is 948 g/mol. The lowest BCUT2D eigenvalue weighted by Crippen LogP contribution is -2.11. The zero-order valence-corrected chi connectivity index (χ0v) is 40.4. The molecule has 0 aliphatic rings.